The number of nitrogens with zero attached hydrogens (tertiary/aromatic N) is 5. The first-order chi connectivity index (χ1) is 16.9. The molecule has 0 spiro atoms. The number of rotatable bonds is 9. The van der Waals surface area contributed by atoms with Gasteiger partial charge in [-0.2, -0.15) is 5.10 Å². The lowest BCUT2D eigenvalue weighted by atomic mass is 9.94. The molecular formula is C23H24Br2FN7O2. The number of pyridine rings is 1. The fourth-order valence-corrected chi connectivity index (χ4v) is 4.48. The number of hydrogen-bond acceptors (Lipinski definition) is 8. The summed E-state index contributed by atoms with van der Waals surface area (Å²) in [5.41, 5.74) is 9.81. The summed E-state index contributed by atoms with van der Waals surface area (Å²) >= 11 is 6.89. The fourth-order valence-electron chi connectivity index (χ4n) is 3.61. The van der Waals surface area contributed by atoms with Gasteiger partial charge in [0.05, 0.1) is 11.7 Å². The molecule has 2 heterocycles. The molecule has 4 N–H and O–H groups in total. The maximum atomic E-state index is 14.3. The molecule has 1 atom stereocenters. The van der Waals surface area contributed by atoms with Crippen LogP contribution in [-0.2, 0) is 6.42 Å². The topological polar surface area (TPSA) is 123 Å². The second kappa shape index (κ2) is 11.3. The first kappa shape index (κ1) is 25.3. The minimum atomic E-state index is -0.627. The molecule has 2 aromatic heterocycles. The molecule has 1 aliphatic rings. The van der Waals surface area contributed by atoms with E-state index in [0.717, 1.165) is 18.4 Å². The van der Waals surface area contributed by atoms with Crippen LogP contribution in [0.3, 0.4) is 0 Å². The lowest BCUT2D eigenvalue weighted by Crippen LogP contribution is -2.18. The van der Waals surface area contributed by atoms with Crippen molar-refractivity contribution < 1.29 is 14.3 Å². The molecule has 0 radical (unpaired) electrons. The van der Waals surface area contributed by atoms with Crippen molar-refractivity contribution in [2.75, 3.05) is 5.48 Å². The second-order valence-corrected chi connectivity index (χ2v) is 9.70. The van der Waals surface area contributed by atoms with E-state index in [1.807, 2.05) is 5.48 Å². The number of aliphatic imine (C=N–C) groups is 1. The predicted octanol–water partition coefficient (Wildman–Crippen LogP) is 5.24. The summed E-state index contributed by atoms with van der Waals surface area (Å²) in [6.45, 7) is 1.77. The van der Waals surface area contributed by atoms with E-state index < -0.39 is 11.9 Å². The second-order valence-electron chi connectivity index (χ2n) is 8.04. The van der Waals surface area contributed by atoms with Crippen LogP contribution in [-0.4, -0.2) is 35.6 Å². The van der Waals surface area contributed by atoms with Gasteiger partial charge in [-0.3, -0.25) is 10.2 Å². The quantitative estimate of drug-likeness (QED) is 0.224. The number of allylic oxidation sites excluding steroid dienone is 1. The number of aromatic nitrogens is 4. The highest BCUT2D eigenvalue weighted by molar-refractivity contribution is 9.18. The summed E-state index contributed by atoms with van der Waals surface area (Å²) in [7, 11) is 0. The molecular weight excluding hydrogens is 585 g/mol. The Morgan fingerprint density at radius 2 is 2.20 bits per heavy atom. The van der Waals surface area contributed by atoms with Gasteiger partial charge in [0.25, 0.3) is 0 Å². The van der Waals surface area contributed by atoms with E-state index in [9.17, 15) is 9.60 Å². The Labute approximate surface area is 218 Å². The highest BCUT2D eigenvalue weighted by Gasteiger charge is 2.22. The van der Waals surface area contributed by atoms with Crippen molar-refractivity contribution in [3.05, 3.63) is 70.2 Å². The van der Waals surface area contributed by atoms with E-state index in [1.165, 1.54) is 37.3 Å². The molecule has 9 nitrogen and oxygen atoms in total. The zero-order chi connectivity index (χ0) is 24.9. The van der Waals surface area contributed by atoms with Crippen molar-refractivity contribution in [2.45, 2.75) is 44.8 Å². The van der Waals surface area contributed by atoms with E-state index in [1.54, 1.807) is 23.7 Å². The first-order valence-corrected chi connectivity index (χ1v) is 12.5. The van der Waals surface area contributed by atoms with E-state index in [-0.39, 0.29) is 11.6 Å². The van der Waals surface area contributed by atoms with Crippen molar-refractivity contribution in [1.82, 2.24) is 19.7 Å². The zero-order valence-corrected chi connectivity index (χ0v) is 22.0. The molecule has 4 rings (SSSR count). The SMILES string of the molecule is CC(Oc1cc(Br)cnc1NO)c1cc(F)ccc1-n1ncnc1CC(=CN)C(Br)=NC1CCC1. The number of nitrogens with two attached hydrogens (primary N) is 1. The van der Waals surface area contributed by atoms with Gasteiger partial charge < -0.3 is 10.5 Å². The summed E-state index contributed by atoms with van der Waals surface area (Å²) in [6.07, 6.45) is 7.52. The number of benzene rings is 1. The van der Waals surface area contributed by atoms with Crippen LogP contribution in [0.15, 0.2) is 58.0 Å². The van der Waals surface area contributed by atoms with Crippen LogP contribution in [0.4, 0.5) is 10.2 Å². The maximum Gasteiger partial charge on any atom is 0.192 e. The molecule has 1 fully saturated rings. The van der Waals surface area contributed by atoms with Crippen molar-refractivity contribution in [3.8, 4) is 11.4 Å². The van der Waals surface area contributed by atoms with Gasteiger partial charge in [0, 0.05) is 34.4 Å². The predicted molar refractivity (Wildman–Crippen MR) is 138 cm³/mol. The molecule has 1 unspecified atom stereocenters. The Hall–Kier alpha value is -2.83. The first-order valence-electron chi connectivity index (χ1n) is 10.9. The molecule has 0 aliphatic heterocycles. The average Bonchev–Trinajstić information content (AvgIpc) is 3.27. The Morgan fingerprint density at radius 1 is 1.40 bits per heavy atom. The molecule has 1 aliphatic carbocycles. The van der Waals surface area contributed by atoms with Gasteiger partial charge in [0.1, 0.15) is 28.7 Å². The van der Waals surface area contributed by atoms with Crippen molar-refractivity contribution in [2.24, 2.45) is 10.7 Å². The Kier molecular flexibility index (Phi) is 8.14. The summed E-state index contributed by atoms with van der Waals surface area (Å²) < 4.78 is 23.3. The van der Waals surface area contributed by atoms with E-state index in [2.05, 4.69) is 51.9 Å². The van der Waals surface area contributed by atoms with Crippen molar-refractivity contribution in [3.63, 3.8) is 0 Å². The summed E-state index contributed by atoms with van der Waals surface area (Å²) in [4.78, 5) is 13.2. The lowest BCUT2D eigenvalue weighted by molar-refractivity contribution is 0.224. The summed E-state index contributed by atoms with van der Waals surface area (Å²) in [5.74, 6) is 0.594. The summed E-state index contributed by atoms with van der Waals surface area (Å²) in [6, 6.07) is 6.32. The van der Waals surface area contributed by atoms with Crippen LogP contribution in [0.25, 0.3) is 5.69 Å². The normalized spacial score (nSPS) is 15.6. The Bertz CT molecular complexity index is 1260. The van der Waals surface area contributed by atoms with Crippen molar-refractivity contribution in [1.29, 1.82) is 0 Å². The van der Waals surface area contributed by atoms with Crippen LogP contribution in [0.2, 0.25) is 0 Å². The van der Waals surface area contributed by atoms with Crippen LogP contribution < -0.4 is 16.0 Å². The molecule has 0 bridgehead atoms. The van der Waals surface area contributed by atoms with Gasteiger partial charge in [-0.15, -0.1) is 0 Å². The monoisotopic (exact) mass is 607 g/mol. The molecule has 184 valence electrons. The maximum absolute atomic E-state index is 14.3. The van der Waals surface area contributed by atoms with Crippen molar-refractivity contribution >= 4 is 42.3 Å². The molecule has 35 heavy (non-hydrogen) atoms. The minimum absolute atomic E-state index is 0.132. The van der Waals surface area contributed by atoms with Crippen LogP contribution in [0.5, 0.6) is 5.75 Å². The van der Waals surface area contributed by atoms with Gasteiger partial charge >= 0.3 is 0 Å². The van der Waals surface area contributed by atoms with Gasteiger partial charge in [-0.25, -0.2) is 24.5 Å². The molecule has 1 aromatic carbocycles. The number of anilines is 1. The van der Waals surface area contributed by atoms with E-state index >= 15 is 0 Å². The smallest absolute Gasteiger partial charge is 0.192 e. The van der Waals surface area contributed by atoms with Crippen LogP contribution in [0, 0.1) is 5.82 Å². The van der Waals surface area contributed by atoms with Gasteiger partial charge in [-0.05, 0) is 82.3 Å². The number of halogens is 3. The van der Waals surface area contributed by atoms with E-state index in [4.69, 9.17) is 10.5 Å². The third-order valence-corrected chi connectivity index (χ3v) is 6.84. The highest BCUT2D eigenvalue weighted by Crippen LogP contribution is 2.33. The van der Waals surface area contributed by atoms with Gasteiger partial charge in [0.15, 0.2) is 11.6 Å². The van der Waals surface area contributed by atoms with Crippen LogP contribution >= 0.6 is 31.9 Å². The molecule has 12 heteroatoms. The molecule has 1 saturated carbocycles. The fraction of sp³-hybridized carbons (Fsp3) is 0.304. The number of ether oxygens (including phenoxy) is 1. The van der Waals surface area contributed by atoms with E-state index in [0.29, 0.717) is 38.6 Å². The third-order valence-electron chi connectivity index (χ3n) is 5.69. The molecule has 0 amide bonds. The minimum Gasteiger partial charge on any atom is -0.482 e. The average molecular weight is 609 g/mol. The largest absolute Gasteiger partial charge is 0.482 e. The Morgan fingerprint density at radius 3 is 2.89 bits per heavy atom. The highest BCUT2D eigenvalue weighted by atomic mass is 79.9. The number of nitrogens with one attached hydrogen (secondary N) is 1. The lowest BCUT2D eigenvalue weighted by Gasteiger charge is -2.22. The summed E-state index contributed by atoms with van der Waals surface area (Å²) in [5, 5.41) is 13.8. The van der Waals surface area contributed by atoms with Crippen LogP contribution in [0.1, 0.15) is 43.7 Å². The van der Waals surface area contributed by atoms with Gasteiger partial charge in [-0.1, -0.05) is 0 Å². The Balaban J connectivity index is 1.64. The third kappa shape index (κ3) is 5.88. The van der Waals surface area contributed by atoms with Gasteiger partial charge in [0.2, 0.25) is 0 Å². The standard InChI is InChI=1S/C23H24Br2FN7O2/c1-13(35-20-8-15(24)11-28-23(20)32-34)18-9-16(26)5-6-19(18)33-21(29-12-30-33)7-14(10-27)22(25)31-17-3-2-4-17/h5-6,8-13,17,34H,2-4,7,27H2,1H3,(H,28,32). The molecule has 0 saturated heterocycles. The molecule has 3 aromatic rings. The zero-order valence-electron chi connectivity index (χ0n) is 18.8. The number of hydrogen-bond donors (Lipinski definition) is 3.